The van der Waals surface area contributed by atoms with Crippen molar-refractivity contribution in [2.24, 2.45) is 0 Å². The Labute approximate surface area is 169 Å². The third-order valence-electron chi connectivity index (χ3n) is 4.78. The highest BCUT2D eigenvalue weighted by Crippen LogP contribution is 2.14. The van der Waals surface area contributed by atoms with Crippen LogP contribution in [0.3, 0.4) is 0 Å². The van der Waals surface area contributed by atoms with E-state index in [-0.39, 0.29) is 17.9 Å². The molecule has 0 unspecified atom stereocenters. The van der Waals surface area contributed by atoms with Crippen molar-refractivity contribution in [1.29, 1.82) is 0 Å². The van der Waals surface area contributed by atoms with Crippen LogP contribution in [0.4, 0.5) is 0 Å². The van der Waals surface area contributed by atoms with Gasteiger partial charge in [-0.25, -0.2) is 0 Å². The summed E-state index contributed by atoms with van der Waals surface area (Å²) in [6.07, 6.45) is 1.05. The van der Waals surface area contributed by atoms with Gasteiger partial charge in [-0.15, -0.1) is 0 Å². The van der Waals surface area contributed by atoms with Gasteiger partial charge in [-0.2, -0.15) is 0 Å². The van der Waals surface area contributed by atoms with Gasteiger partial charge in [-0.3, -0.25) is 9.59 Å². The van der Waals surface area contributed by atoms with Gasteiger partial charge in [0, 0.05) is 19.0 Å². The smallest absolute Gasteiger partial charge is 0.242 e. The highest BCUT2D eigenvalue weighted by atomic mass is 16.2. The fourth-order valence-corrected chi connectivity index (χ4v) is 3.14. The molecule has 0 aliphatic carbocycles. The lowest BCUT2D eigenvalue weighted by atomic mass is 10.1. The molecule has 0 saturated heterocycles. The van der Waals surface area contributed by atoms with Crippen molar-refractivity contribution < 1.29 is 9.59 Å². The molecule has 0 saturated carbocycles. The second kappa shape index (κ2) is 10.1. The lowest BCUT2D eigenvalue weighted by molar-refractivity contribution is -0.140. The minimum absolute atomic E-state index is 0.00603. The van der Waals surface area contributed by atoms with E-state index in [1.165, 1.54) is 5.56 Å². The largest absolute Gasteiger partial charge is 0.352 e. The fourth-order valence-electron chi connectivity index (χ4n) is 3.14. The molecule has 2 rings (SSSR count). The van der Waals surface area contributed by atoms with Crippen molar-refractivity contribution in [1.82, 2.24) is 10.2 Å². The zero-order valence-electron chi connectivity index (χ0n) is 17.7. The van der Waals surface area contributed by atoms with E-state index in [1.54, 1.807) is 11.8 Å². The average Bonchev–Trinajstić information content (AvgIpc) is 2.64. The Balaban J connectivity index is 2.14. The van der Waals surface area contributed by atoms with Gasteiger partial charge in [0.05, 0.1) is 0 Å². The molecular formula is C24H32N2O2. The van der Waals surface area contributed by atoms with E-state index in [0.29, 0.717) is 19.4 Å². The predicted octanol–water partition coefficient (Wildman–Crippen LogP) is 4.18. The van der Waals surface area contributed by atoms with E-state index in [9.17, 15) is 9.59 Å². The number of benzene rings is 2. The minimum Gasteiger partial charge on any atom is -0.352 e. The van der Waals surface area contributed by atoms with Gasteiger partial charge in [0.2, 0.25) is 11.8 Å². The summed E-state index contributed by atoms with van der Waals surface area (Å²) in [4.78, 5) is 27.3. The molecule has 2 amide bonds. The zero-order chi connectivity index (χ0) is 20.7. The second-order valence-corrected chi connectivity index (χ2v) is 7.84. The van der Waals surface area contributed by atoms with E-state index in [4.69, 9.17) is 0 Å². The van der Waals surface area contributed by atoms with E-state index in [2.05, 4.69) is 35.6 Å². The van der Waals surface area contributed by atoms with Gasteiger partial charge in [0.15, 0.2) is 0 Å². The number of nitrogens with one attached hydrogen (secondary N) is 1. The molecule has 0 radical (unpaired) electrons. The van der Waals surface area contributed by atoms with Crippen molar-refractivity contribution in [2.45, 2.75) is 66.1 Å². The molecule has 28 heavy (non-hydrogen) atoms. The normalized spacial score (nSPS) is 11.9. The van der Waals surface area contributed by atoms with Gasteiger partial charge in [-0.1, -0.05) is 59.7 Å². The van der Waals surface area contributed by atoms with Gasteiger partial charge in [0.1, 0.15) is 6.04 Å². The molecule has 0 fully saturated rings. The standard InChI is InChI=1S/C24H32N2O2/c1-17(2)25-24(28)20(5)26(16-22-8-6-7-19(4)15-22)23(27)14-13-21-11-9-18(3)10-12-21/h6-12,15,17,20H,13-14,16H2,1-5H3,(H,25,28)/t20-/m1/s1. The summed E-state index contributed by atoms with van der Waals surface area (Å²) < 4.78 is 0. The molecule has 2 aromatic rings. The number of hydrogen-bond donors (Lipinski definition) is 1. The molecule has 4 nitrogen and oxygen atoms in total. The second-order valence-electron chi connectivity index (χ2n) is 7.84. The highest BCUT2D eigenvalue weighted by Gasteiger charge is 2.26. The zero-order valence-corrected chi connectivity index (χ0v) is 17.7. The number of rotatable bonds is 8. The Morgan fingerprint density at radius 3 is 2.21 bits per heavy atom. The molecule has 0 heterocycles. The fraction of sp³-hybridized carbons (Fsp3) is 0.417. The third kappa shape index (κ3) is 6.52. The molecule has 0 aromatic heterocycles. The van der Waals surface area contributed by atoms with Gasteiger partial charge >= 0.3 is 0 Å². The summed E-state index contributed by atoms with van der Waals surface area (Å²) >= 11 is 0. The van der Waals surface area contributed by atoms with Crippen LogP contribution >= 0.6 is 0 Å². The van der Waals surface area contributed by atoms with Crippen molar-refractivity contribution >= 4 is 11.8 Å². The molecule has 0 bridgehead atoms. The van der Waals surface area contributed by atoms with Crippen molar-refractivity contribution in [3.8, 4) is 0 Å². The molecule has 0 aliphatic rings. The Hall–Kier alpha value is -2.62. The number of carbonyl (C=O) groups excluding carboxylic acids is 2. The molecule has 2 aromatic carbocycles. The van der Waals surface area contributed by atoms with Crippen LogP contribution in [0.15, 0.2) is 48.5 Å². The Morgan fingerprint density at radius 2 is 1.61 bits per heavy atom. The summed E-state index contributed by atoms with van der Waals surface area (Å²) in [7, 11) is 0. The quantitative estimate of drug-likeness (QED) is 0.747. The van der Waals surface area contributed by atoms with Crippen molar-refractivity contribution in [2.75, 3.05) is 0 Å². The number of nitrogens with zero attached hydrogens (tertiary/aromatic N) is 1. The summed E-state index contributed by atoms with van der Waals surface area (Å²) in [6, 6.07) is 15.8. The minimum atomic E-state index is -0.520. The molecule has 1 N–H and O–H groups in total. The molecule has 0 aliphatic heterocycles. The van der Waals surface area contributed by atoms with Crippen molar-refractivity contribution in [3.05, 3.63) is 70.8 Å². The third-order valence-corrected chi connectivity index (χ3v) is 4.78. The van der Waals surface area contributed by atoms with Crippen LogP contribution in [0.5, 0.6) is 0 Å². The Morgan fingerprint density at radius 1 is 0.929 bits per heavy atom. The van der Waals surface area contributed by atoms with Crippen LogP contribution in [0.25, 0.3) is 0 Å². The number of hydrogen-bond acceptors (Lipinski definition) is 2. The van der Waals surface area contributed by atoms with Crippen molar-refractivity contribution in [3.63, 3.8) is 0 Å². The predicted molar refractivity (Wildman–Crippen MR) is 114 cm³/mol. The molecule has 4 heteroatoms. The van der Waals surface area contributed by atoms with E-state index in [0.717, 1.165) is 16.7 Å². The first-order valence-electron chi connectivity index (χ1n) is 9.97. The van der Waals surface area contributed by atoms with E-state index in [1.807, 2.05) is 45.9 Å². The lowest BCUT2D eigenvalue weighted by Gasteiger charge is -2.29. The summed E-state index contributed by atoms with van der Waals surface area (Å²) in [5, 5.41) is 2.92. The first-order chi connectivity index (χ1) is 13.3. The monoisotopic (exact) mass is 380 g/mol. The number of amides is 2. The maximum Gasteiger partial charge on any atom is 0.242 e. The molecule has 0 spiro atoms. The van der Waals surface area contributed by atoms with Crippen LogP contribution < -0.4 is 5.32 Å². The van der Waals surface area contributed by atoms with Gasteiger partial charge in [-0.05, 0) is 52.2 Å². The summed E-state index contributed by atoms with van der Waals surface area (Å²) in [5.41, 5.74) is 4.51. The molecular weight excluding hydrogens is 348 g/mol. The maximum atomic E-state index is 13.1. The summed E-state index contributed by atoms with van der Waals surface area (Å²) in [5.74, 6) is -0.125. The SMILES string of the molecule is Cc1ccc(CCC(=O)N(Cc2cccc(C)c2)[C@H](C)C(=O)NC(C)C)cc1. The van der Waals surface area contributed by atoms with E-state index >= 15 is 0 Å². The van der Waals surface area contributed by atoms with Crippen LogP contribution in [-0.4, -0.2) is 28.8 Å². The molecule has 1 atom stereocenters. The average molecular weight is 381 g/mol. The first kappa shape index (κ1) is 21.7. The first-order valence-corrected chi connectivity index (χ1v) is 9.97. The van der Waals surface area contributed by atoms with Crippen LogP contribution in [-0.2, 0) is 22.6 Å². The summed E-state index contributed by atoms with van der Waals surface area (Å²) in [6.45, 7) is 10.2. The van der Waals surface area contributed by atoms with Gasteiger partial charge < -0.3 is 10.2 Å². The van der Waals surface area contributed by atoms with E-state index < -0.39 is 6.04 Å². The van der Waals surface area contributed by atoms with Gasteiger partial charge in [0.25, 0.3) is 0 Å². The lowest BCUT2D eigenvalue weighted by Crippen LogP contribution is -2.49. The Bertz CT molecular complexity index is 797. The Kier molecular flexibility index (Phi) is 7.80. The number of carbonyl (C=O) groups is 2. The van der Waals surface area contributed by atoms with Crippen LogP contribution in [0.1, 0.15) is 49.4 Å². The number of aryl methyl sites for hydroxylation is 3. The highest BCUT2D eigenvalue weighted by molar-refractivity contribution is 5.87. The van der Waals surface area contributed by atoms with Crippen LogP contribution in [0.2, 0.25) is 0 Å². The van der Waals surface area contributed by atoms with Crippen LogP contribution in [0, 0.1) is 13.8 Å². The molecule has 150 valence electrons. The topological polar surface area (TPSA) is 49.4 Å². The maximum absolute atomic E-state index is 13.1.